The fourth-order valence-corrected chi connectivity index (χ4v) is 4.47. The van der Waals surface area contributed by atoms with Crippen molar-refractivity contribution in [3.63, 3.8) is 0 Å². The van der Waals surface area contributed by atoms with Crippen LogP contribution in [0.15, 0.2) is 42.5 Å². The van der Waals surface area contributed by atoms with Crippen LogP contribution in [0, 0.1) is 13.8 Å². The monoisotopic (exact) mass is 349 g/mol. The van der Waals surface area contributed by atoms with E-state index in [2.05, 4.69) is 11.4 Å². The molecule has 1 spiro atoms. The van der Waals surface area contributed by atoms with Crippen molar-refractivity contribution in [1.82, 2.24) is 5.32 Å². The number of ether oxygens (including phenoxy) is 1. The molecule has 3 heteroatoms. The Kier molecular flexibility index (Phi) is 4.47. The lowest BCUT2D eigenvalue weighted by molar-refractivity contribution is -0.00210. The summed E-state index contributed by atoms with van der Waals surface area (Å²) < 4.78 is 6.47. The number of hydrogen-bond donors (Lipinski definition) is 1. The molecule has 0 aromatic heterocycles. The number of fused-ring (bicyclic) bond motifs is 1. The number of amides is 1. The number of nitrogens with one attached hydrogen (secondary N) is 1. The van der Waals surface area contributed by atoms with Gasteiger partial charge in [-0.1, -0.05) is 42.3 Å². The van der Waals surface area contributed by atoms with Gasteiger partial charge in [-0.25, -0.2) is 0 Å². The molecular weight excluding hydrogens is 322 g/mol. The fourth-order valence-electron chi connectivity index (χ4n) is 4.47. The van der Waals surface area contributed by atoms with E-state index in [1.807, 2.05) is 50.2 Å². The van der Waals surface area contributed by atoms with E-state index in [9.17, 15) is 4.79 Å². The highest BCUT2D eigenvalue weighted by Gasteiger charge is 2.42. The summed E-state index contributed by atoms with van der Waals surface area (Å²) in [6.07, 6.45) is 6.72. The van der Waals surface area contributed by atoms with Crippen molar-refractivity contribution in [1.29, 1.82) is 0 Å². The maximum Gasteiger partial charge on any atom is 0.252 e. The van der Waals surface area contributed by atoms with Gasteiger partial charge in [0.15, 0.2) is 0 Å². The van der Waals surface area contributed by atoms with Crippen LogP contribution in [0.2, 0.25) is 0 Å². The molecule has 0 radical (unpaired) electrons. The quantitative estimate of drug-likeness (QED) is 0.803. The number of hydrogen-bond acceptors (Lipinski definition) is 2. The smallest absolute Gasteiger partial charge is 0.252 e. The average Bonchev–Trinajstić information content (AvgIpc) is 2.64. The number of carbonyl (C=O) groups is 1. The molecule has 26 heavy (non-hydrogen) atoms. The minimum absolute atomic E-state index is 0.00506. The highest BCUT2D eigenvalue weighted by Crippen LogP contribution is 2.46. The molecule has 2 aliphatic rings. The second-order valence-corrected chi connectivity index (χ2v) is 7.93. The third-order valence-electron chi connectivity index (χ3n) is 5.90. The molecular formula is C23H27NO2. The van der Waals surface area contributed by atoms with E-state index < -0.39 is 0 Å². The molecule has 136 valence electrons. The summed E-state index contributed by atoms with van der Waals surface area (Å²) in [6, 6.07) is 14.2. The first kappa shape index (κ1) is 17.1. The Balaban J connectivity index is 1.64. The summed E-state index contributed by atoms with van der Waals surface area (Å²) >= 11 is 0. The van der Waals surface area contributed by atoms with Crippen molar-refractivity contribution in [2.24, 2.45) is 0 Å². The lowest BCUT2D eigenvalue weighted by Crippen LogP contribution is -2.46. The van der Waals surface area contributed by atoms with Crippen LogP contribution in [0.5, 0.6) is 5.75 Å². The molecule has 1 aliphatic carbocycles. The van der Waals surface area contributed by atoms with Gasteiger partial charge < -0.3 is 10.1 Å². The van der Waals surface area contributed by atoms with E-state index in [1.54, 1.807) is 0 Å². The second-order valence-electron chi connectivity index (χ2n) is 7.93. The van der Waals surface area contributed by atoms with Gasteiger partial charge in [-0.2, -0.15) is 0 Å². The Morgan fingerprint density at radius 2 is 1.85 bits per heavy atom. The standard InChI is InChI=1S/C23H27NO2/c1-16-10-11-17(2)19(14-16)22(25)24-20-15-23(12-6-3-7-13-23)26-21-9-5-4-8-18(20)21/h4-5,8-11,14,20H,3,6-7,12-13,15H2,1-2H3,(H,24,25)/t20-/m1/s1. The first-order valence-electron chi connectivity index (χ1n) is 9.72. The van der Waals surface area contributed by atoms with Crippen molar-refractivity contribution < 1.29 is 9.53 Å². The lowest BCUT2D eigenvalue weighted by atomic mass is 9.77. The lowest BCUT2D eigenvalue weighted by Gasteiger charge is -2.44. The van der Waals surface area contributed by atoms with Crippen LogP contribution in [-0.2, 0) is 0 Å². The van der Waals surface area contributed by atoms with Crippen molar-refractivity contribution in [2.75, 3.05) is 0 Å². The zero-order valence-electron chi connectivity index (χ0n) is 15.7. The van der Waals surface area contributed by atoms with E-state index in [0.29, 0.717) is 0 Å². The zero-order valence-corrected chi connectivity index (χ0v) is 15.7. The molecule has 1 fully saturated rings. The molecule has 0 bridgehead atoms. The second kappa shape index (κ2) is 6.79. The third kappa shape index (κ3) is 3.23. The van der Waals surface area contributed by atoms with Crippen LogP contribution in [0.25, 0.3) is 0 Å². The van der Waals surface area contributed by atoms with E-state index in [1.165, 1.54) is 19.3 Å². The SMILES string of the molecule is Cc1ccc(C)c(C(=O)N[C@@H]2CC3(CCCCC3)Oc3ccccc32)c1. The first-order chi connectivity index (χ1) is 12.6. The normalized spacial score (nSPS) is 20.9. The number of aryl methyl sites for hydroxylation is 2. The van der Waals surface area contributed by atoms with Crippen LogP contribution in [0.4, 0.5) is 0 Å². The Morgan fingerprint density at radius 1 is 1.08 bits per heavy atom. The Bertz CT molecular complexity index is 821. The van der Waals surface area contributed by atoms with Crippen LogP contribution < -0.4 is 10.1 Å². The predicted molar refractivity (Wildman–Crippen MR) is 104 cm³/mol. The van der Waals surface area contributed by atoms with Crippen molar-refractivity contribution in [3.05, 3.63) is 64.7 Å². The van der Waals surface area contributed by atoms with Gasteiger partial charge in [0.2, 0.25) is 0 Å². The zero-order chi connectivity index (χ0) is 18.1. The van der Waals surface area contributed by atoms with Gasteiger partial charge in [0.05, 0.1) is 6.04 Å². The van der Waals surface area contributed by atoms with Gasteiger partial charge in [0, 0.05) is 17.5 Å². The fraction of sp³-hybridized carbons (Fsp3) is 0.435. The van der Waals surface area contributed by atoms with Crippen LogP contribution in [0.1, 0.15) is 71.6 Å². The van der Waals surface area contributed by atoms with Gasteiger partial charge in [0.1, 0.15) is 11.4 Å². The highest BCUT2D eigenvalue weighted by atomic mass is 16.5. The van der Waals surface area contributed by atoms with E-state index in [-0.39, 0.29) is 17.6 Å². The van der Waals surface area contributed by atoms with Gasteiger partial charge >= 0.3 is 0 Å². The minimum atomic E-state index is -0.119. The number of rotatable bonds is 2. The maximum atomic E-state index is 13.0. The molecule has 2 aromatic carbocycles. The summed E-state index contributed by atoms with van der Waals surface area (Å²) in [4.78, 5) is 13.0. The number of para-hydroxylation sites is 1. The summed E-state index contributed by atoms with van der Waals surface area (Å²) in [5.74, 6) is 0.950. The summed E-state index contributed by atoms with van der Waals surface area (Å²) in [6.45, 7) is 4.02. The van der Waals surface area contributed by atoms with E-state index in [0.717, 1.165) is 47.3 Å². The molecule has 1 saturated carbocycles. The van der Waals surface area contributed by atoms with Crippen molar-refractivity contribution >= 4 is 5.91 Å². The molecule has 4 rings (SSSR count). The Labute approximate surface area is 155 Å². The minimum Gasteiger partial charge on any atom is -0.487 e. The maximum absolute atomic E-state index is 13.0. The Morgan fingerprint density at radius 3 is 2.65 bits per heavy atom. The number of carbonyl (C=O) groups excluding carboxylic acids is 1. The largest absolute Gasteiger partial charge is 0.487 e. The van der Waals surface area contributed by atoms with Crippen molar-refractivity contribution in [2.45, 2.75) is 64.0 Å². The average molecular weight is 349 g/mol. The molecule has 1 amide bonds. The highest BCUT2D eigenvalue weighted by molar-refractivity contribution is 5.96. The molecule has 1 atom stereocenters. The van der Waals surface area contributed by atoms with Crippen LogP contribution in [0.3, 0.4) is 0 Å². The van der Waals surface area contributed by atoms with E-state index >= 15 is 0 Å². The summed E-state index contributed by atoms with van der Waals surface area (Å²) in [7, 11) is 0. The van der Waals surface area contributed by atoms with Crippen LogP contribution >= 0.6 is 0 Å². The van der Waals surface area contributed by atoms with Crippen LogP contribution in [-0.4, -0.2) is 11.5 Å². The molecule has 2 aromatic rings. The van der Waals surface area contributed by atoms with Gasteiger partial charge in [-0.15, -0.1) is 0 Å². The number of benzene rings is 2. The Hall–Kier alpha value is -2.29. The summed E-state index contributed by atoms with van der Waals surface area (Å²) in [5, 5.41) is 3.31. The molecule has 0 unspecified atom stereocenters. The van der Waals surface area contributed by atoms with Crippen molar-refractivity contribution in [3.8, 4) is 5.75 Å². The molecule has 0 saturated heterocycles. The van der Waals surface area contributed by atoms with Gasteiger partial charge in [-0.3, -0.25) is 4.79 Å². The van der Waals surface area contributed by atoms with E-state index in [4.69, 9.17) is 4.74 Å². The molecule has 1 heterocycles. The summed E-state index contributed by atoms with van der Waals surface area (Å²) in [5.41, 5.74) is 3.87. The first-order valence-corrected chi connectivity index (χ1v) is 9.72. The third-order valence-corrected chi connectivity index (χ3v) is 5.90. The van der Waals surface area contributed by atoms with Gasteiger partial charge in [-0.05, 0) is 57.2 Å². The topological polar surface area (TPSA) is 38.3 Å². The predicted octanol–water partition coefficient (Wildman–Crippen LogP) is 5.26. The molecule has 3 nitrogen and oxygen atoms in total. The molecule has 1 aliphatic heterocycles. The molecule has 1 N–H and O–H groups in total. The van der Waals surface area contributed by atoms with Gasteiger partial charge in [0.25, 0.3) is 5.91 Å².